The molecule has 0 radical (unpaired) electrons. The van der Waals surface area contributed by atoms with E-state index < -0.39 is 26.5 Å². The van der Waals surface area contributed by atoms with Gasteiger partial charge in [0.05, 0.1) is 27.7 Å². The average molecular weight is 1200 g/mol. The number of esters is 2. The van der Waals surface area contributed by atoms with E-state index in [9.17, 15) is 19.0 Å². The summed E-state index contributed by atoms with van der Waals surface area (Å²) in [5.74, 6) is -0.823. The number of hydrogen-bond acceptors (Lipinski definition) is 8. The molecule has 0 aliphatic rings. The lowest BCUT2D eigenvalue weighted by atomic mass is 10.0. The lowest BCUT2D eigenvalue weighted by Gasteiger charge is -2.28. The molecule has 0 bridgehead atoms. The molecule has 0 saturated carbocycles. The Kier molecular flexibility index (Phi) is 62.5. The first-order chi connectivity index (χ1) is 41.0. The molecule has 0 spiro atoms. The predicted octanol–water partition coefficient (Wildman–Crippen LogP) is 22.3. The highest BCUT2D eigenvalue weighted by atomic mass is 31.2. The quantitative estimate of drug-likeness (QED) is 0.0195. The first-order valence-electron chi connectivity index (χ1n) is 35.3. The maximum absolute atomic E-state index is 12.9. The van der Waals surface area contributed by atoms with Crippen LogP contribution in [-0.4, -0.2) is 70.0 Å². The van der Waals surface area contributed by atoms with Crippen LogP contribution in [0.4, 0.5) is 0 Å². The highest BCUT2D eigenvalue weighted by Gasteiger charge is 2.22. The molecule has 2 unspecified atom stereocenters. The molecule has 0 aromatic rings. The van der Waals surface area contributed by atoms with Crippen LogP contribution >= 0.6 is 7.82 Å². The van der Waals surface area contributed by atoms with Crippen LogP contribution in [0.15, 0.2) is 85.1 Å². The normalized spacial score (nSPS) is 13.6. The second-order valence-corrected chi connectivity index (χ2v) is 26.3. The van der Waals surface area contributed by atoms with E-state index in [4.69, 9.17) is 18.5 Å². The number of quaternary nitrogens is 1. The Morgan fingerprint density at radius 3 is 1.02 bits per heavy atom. The van der Waals surface area contributed by atoms with Gasteiger partial charge in [0.1, 0.15) is 19.8 Å². The zero-order chi connectivity index (χ0) is 61.2. The van der Waals surface area contributed by atoms with Gasteiger partial charge in [0, 0.05) is 12.8 Å². The fourth-order valence-electron chi connectivity index (χ4n) is 10.0. The number of carbonyl (C=O) groups excluding carboxylic acids is 2. The van der Waals surface area contributed by atoms with Crippen LogP contribution in [0.1, 0.15) is 322 Å². The Morgan fingerprint density at radius 2 is 0.679 bits per heavy atom. The van der Waals surface area contributed by atoms with Crippen LogP contribution in [0.5, 0.6) is 0 Å². The van der Waals surface area contributed by atoms with Crippen LogP contribution in [0, 0.1) is 0 Å². The van der Waals surface area contributed by atoms with Gasteiger partial charge in [-0.3, -0.25) is 14.2 Å². The fraction of sp³-hybridized carbons (Fsp3) is 0.784. The first-order valence-corrected chi connectivity index (χ1v) is 36.8. The van der Waals surface area contributed by atoms with Gasteiger partial charge in [-0.15, -0.1) is 0 Å². The van der Waals surface area contributed by atoms with E-state index in [0.717, 1.165) is 77.0 Å². The Labute approximate surface area is 520 Å². The molecule has 2 atom stereocenters. The minimum Gasteiger partial charge on any atom is -0.756 e. The summed E-state index contributed by atoms with van der Waals surface area (Å²) < 4.78 is 34.3. The highest BCUT2D eigenvalue weighted by molar-refractivity contribution is 7.45. The van der Waals surface area contributed by atoms with Gasteiger partial charge in [0.15, 0.2) is 6.10 Å². The molecule has 10 heteroatoms. The van der Waals surface area contributed by atoms with Crippen molar-refractivity contribution < 1.29 is 42.1 Å². The molecule has 0 saturated heterocycles. The van der Waals surface area contributed by atoms with Crippen LogP contribution < -0.4 is 4.89 Å². The van der Waals surface area contributed by atoms with Gasteiger partial charge in [0.2, 0.25) is 0 Å². The fourth-order valence-corrected chi connectivity index (χ4v) is 10.7. The average Bonchev–Trinajstić information content (AvgIpc) is 3.61. The maximum atomic E-state index is 12.9. The van der Waals surface area contributed by atoms with E-state index in [1.54, 1.807) is 0 Å². The molecule has 0 aromatic carbocycles. The summed E-state index contributed by atoms with van der Waals surface area (Å²) >= 11 is 0. The lowest BCUT2D eigenvalue weighted by molar-refractivity contribution is -0.870. The molecular formula is C74H134NO8P. The van der Waals surface area contributed by atoms with E-state index in [-0.39, 0.29) is 32.0 Å². The summed E-state index contributed by atoms with van der Waals surface area (Å²) in [4.78, 5) is 38.0. The number of hydrogen-bond donors (Lipinski definition) is 0. The topological polar surface area (TPSA) is 111 Å². The van der Waals surface area contributed by atoms with Crippen molar-refractivity contribution in [2.75, 3.05) is 47.5 Å². The molecule has 0 fully saturated rings. The van der Waals surface area contributed by atoms with Crippen molar-refractivity contribution in [1.82, 2.24) is 0 Å². The number of phosphoric ester groups is 1. The summed E-state index contributed by atoms with van der Waals surface area (Å²) in [6, 6.07) is 0. The van der Waals surface area contributed by atoms with Gasteiger partial charge in [-0.1, -0.05) is 304 Å². The third kappa shape index (κ3) is 68.3. The summed E-state index contributed by atoms with van der Waals surface area (Å²) in [7, 11) is 1.17. The van der Waals surface area contributed by atoms with Crippen molar-refractivity contribution in [2.45, 2.75) is 328 Å². The number of unbranched alkanes of at least 4 members (excludes halogenated alkanes) is 37. The number of nitrogens with zero attached hydrogens (tertiary/aromatic N) is 1. The molecule has 488 valence electrons. The number of rotatable bonds is 65. The van der Waals surface area contributed by atoms with E-state index in [2.05, 4.69) is 98.9 Å². The van der Waals surface area contributed by atoms with Crippen LogP contribution in [0.3, 0.4) is 0 Å². The first kappa shape index (κ1) is 81.2. The second kappa shape index (κ2) is 64.7. The van der Waals surface area contributed by atoms with Gasteiger partial charge in [-0.25, -0.2) is 0 Å². The van der Waals surface area contributed by atoms with Crippen molar-refractivity contribution in [3.8, 4) is 0 Å². The number of allylic oxidation sites excluding steroid dienone is 14. The third-order valence-corrected chi connectivity index (χ3v) is 16.4. The number of likely N-dealkylation sites (N-methyl/N-ethyl adjacent to an activating group) is 1. The predicted molar refractivity (Wildman–Crippen MR) is 360 cm³/mol. The SMILES string of the molecule is CC/C=C\C/C=C\C/C=C\C/C=C\C/C=C\C/C=C\CCCCCCCCCCCCCCCCCCCCCCC(=O)OC(COC(=O)CCCCCCCCCCC/C=C\CCCCCCCCCC)COP(=O)([O-])OCC[N+](C)(C)C. The Hall–Kier alpha value is -2.81. The van der Waals surface area contributed by atoms with Gasteiger partial charge < -0.3 is 27.9 Å². The van der Waals surface area contributed by atoms with E-state index >= 15 is 0 Å². The molecule has 0 heterocycles. The van der Waals surface area contributed by atoms with E-state index in [1.807, 2.05) is 21.1 Å². The largest absolute Gasteiger partial charge is 0.756 e. The van der Waals surface area contributed by atoms with Crippen molar-refractivity contribution in [1.29, 1.82) is 0 Å². The summed E-state index contributed by atoms with van der Waals surface area (Å²) in [5.41, 5.74) is 0. The zero-order valence-corrected chi connectivity index (χ0v) is 56.5. The smallest absolute Gasteiger partial charge is 0.306 e. The van der Waals surface area contributed by atoms with E-state index in [1.165, 1.54) is 212 Å². The molecule has 0 aromatic heterocycles. The van der Waals surface area contributed by atoms with Crippen LogP contribution in [0.25, 0.3) is 0 Å². The van der Waals surface area contributed by atoms with Crippen LogP contribution in [0.2, 0.25) is 0 Å². The molecule has 9 nitrogen and oxygen atoms in total. The highest BCUT2D eigenvalue weighted by Crippen LogP contribution is 2.38. The minimum atomic E-state index is -4.64. The molecule has 0 rings (SSSR count). The Bertz CT molecular complexity index is 1690. The minimum absolute atomic E-state index is 0.0311. The lowest BCUT2D eigenvalue weighted by Crippen LogP contribution is -2.37. The standard InChI is InChI=1S/C74H134NO8P/c1-6-8-10-12-14-16-18-20-22-24-26-28-29-30-31-32-33-34-35-36-37-38-39-40-41-42-43-44-45-47-49-51-53-55-57-59-61-63-65-67-74(77)83-72(71-82-84(78,79)81-69-68-75(3,4)5)70-80-73(76)66-64-62-60-58-56-54-52-50-48-46-27-25-23-21-19-17-15-13-11-9-7-2/h8,10,14,16,20,22,25-28,30-31,33-34,72H,6-7,9,11-13,15,17-19,21,23-24,29,32,35-71H2,1-5H3/b10-8-,16-14-,22-20-,27-25-,28-26-,31-30-,34-33-. The Morgan fingerprint density at radius 1 is 0.381 bits per heavy atom. The van der Waals surface area contributed by atoms with Crippen LogP contribution in [-0.2, 0) is 32.7 Å². The molecular weight excluding hydrogens is 1060 g/mol. The second-order valence-electron chi connectivity index (χ2n) is 24.9. The van der Waals surface area contributed by atoms with Gasteiger partial charge in [0.25, 0.3) is 7.82 Å². The molecule has 0 amide bonds. The molecule has 0 aliphatic heterocycles. The van der Waals surface area contributed by atoms with Gasteiger partial charge >= 0.3 is 11.9 Å². The summed E-state index contributed by atoms with van der Waals surface area (Å²) in [6.07, 6.45) is 88.1. The molecule has 0 N–H and O–H groups in total. The van der Waals surface area contributed by atoms with Crippen molar-refractivity contribution in [2.24, 2.45) is 0 Å². The van der Waals surface area contributed by atoms with Crippen molar-refractivity contribution in [3.63, 3.8) is 0 Å². The van der Waals surface area contributed by atoms with Crippen molar-refractivity contribution in [3.05, 3.63) is 85.1 Å². The Balaban J connectivity index is 3.97. The van der Waals surface area contributed by atoms with E-state index in [0.29, 0.717) is 17.4 Å². The zero-order valence-electron chi connectivity index (χ0n) is 55.6. The summed E-state index contributed by atoms with van der Waals surface area (Å²) in [5, 5.41) is 0. The van der Waals surface area contributed by atoms with Gasteiger partial charge in [-0.2, -0.15) is 0 Å². The van der Waals surface area contributed by atoms with Gasteiger partial charge in [-0.05, 0) is 89.9 Å². The maximum Gasteiger partial charge on any atom is 0.306 e. The number of phosphoric acid groups is 1. The third-order valence-electron chi connectivity index (χ3n) is 15.4. The molecule has 84 heavy (non-hydrogen) atoms. The monoisotopic (exact) mass is 1200 g/mol. The van der Waals surface area contributed by atoms with Crippen molar-refractivity contribution >= 4 is 19.8 Å². The number of ether oxygens (including phenoxy) is 2. The molecule has 0 aliphatic carbocycles. The summed E-state index contributed by atoms with van der Waals surface area (Å²) in [6.45, 7) is 4.16. The number of carbonyl (C=O) groups is 2.